The standard InChI is InChI=1S/C17H18N4O6.C2H6/c22-4-2-9(23)1-3-21-11-8-13-12(26-5-6-27-13)7-10(11)18-14-15(21)19-17(25)20-16(14)24;1-2/h7-9,22-23H,1-6H2,(H,20,24,25);1-2H3/t9-;/m0./s1. The van der Waals surface area contributed by atoms with E-state index >= 15 is 0 Å². The first-order chi connectivity index (χ1) is 14.1. The largest absolute Gasteiger partial charge is 0.486 e. The molecule has 3 aliphatic rings. The predicted octanol–water partition coefficient (Wildman–Crippen LogP) is 0.515. The molecular weight excluding hydrogens is 380 g/mol. The first-order valence-electron chi connectivity index (χ1n) is 9.60. The second-order valence-electron chi connectivity index (χ2n) is 6.25. The summed E-state index contributed by atoms with van der Waals surface area (Å²) in [4.78, 5) is 34.3. The number of ether oxygens (including phenoxy) is 2. The van der Waals surface area contributed by atoms with Crippen LogP contribution in [0.2, 0.25) is 0 Å². The number of nitrogens with one attached hydrogen (secondary N) is 1. The van der Waals surface area contributed by atoms with E-state index in [9.17, 15) is 14.7 Å². The van der Waals surface area contributed by atoms with Crippen molar-refractivity contribution in [3.05, 3.63) is 33.0 Å². The summed E-state index contributed by atoms with van der Waals surface area (Å²) in [6.45, 7) is 4.97. The molecule has 3 N–H and O–H groups in total. The van der Waals surface area contributed by atoms with Crippen molar-refractivity contribution in [2.75, 3.05) is 19.8 Å². The maximum Gasteiger partial charge on any atom is 0.349 e. The molecule has 1 atom stereocenters. The molecule has 0 unspecified atom stereocenters. The average Bonchev–Trinajstić information content (AvgIpc) is 2.72. The summed E-state index contributed by atoms with van der Waals surface area (Å²) in [5.74, 6) is 1.19. The maximum absolute atomic E-state index is 12.2. The molecule has 29 heavy (non-hydrogen) atoms. The van der Waals surface area contributed by atoms with E-state index in [1.54, 1.807) is 16.7 Å². The van der Waals surface area contributed by atoms with E-state index in [1.807, 2.05) is 13.8 Å². The van der Waals surface area contributed by atoms with E-state index in [0.29, 0.717) is 42.2 Å². The zero-order chi connectivity index (χ0) is 21.0. The van der Waals surface area contributed by atoms with Gasteiger partial charge in [0.1, 0.15) is 13.2 Å². The van der Waals surface area contributed by atoms with Crippen molar-refractivity contribution in [1.29, 1.82) is 0 Å². The molecule has 4 rings (SSSR count). The van der Waals surface area contributed by atoms with E-state index in [-0.39, 0.29) is 31.1 Å². The molecule has 156 valence electrons. The highest BCUT2D eigenvalue weighted by atomic mass is 16.6. The summed E-state index contributed by atoms with van der Waals surface area (Å²) in [6.07, 6.45) is -0.197. The molecular formula is C19H24N4O6. The third kappa shape index (κ3) is 4.22. The molecule has 0 saturated heterocycles. The Balaban J connectivity index is 0.00000117. The van der Waals surface area contributed by atoms with Gasteiger partial charge in [0.25, 0.3) is 5.56 Å². The van der Waals surface area contributed by atoms with Gasteiger partial charge in [0.2, 0.25) is 0 Å². The van der Waals surface area contributed by atoms with Crippen LogP contribution in [-0.4, -0.2) is 55.7 Å². The highest BCUT2D eigenvalue weighted by molar-refractivity contribution is 5.83. The van der Waals surface area contributed by atoms with Crippen LogP contribution in [0.15, 0.2) is 21.7 Å². The van der Waals surface area contributed by atoms with Crippen molar-refractivity contribution in [1.82, 2.24) is 19.5 Å². The van der Waals surface area contributed by atoms with E-state index in [4.69, 9.17) is 14.6 Å². The smallest absolute Gasteiger partial charge is 0.349 e. The van der Waals surface area contributed by atoms with Crippen LogP contribution in [-0.2, 0) is 6.54 Å². The lowest BCUT2D eigenvalue weighted by molar-refractivity contribution is 0.121. The van der Waals surface area contributed by atoms with Crippen LogP contribution in [0.3, 0.4) is 0 Å². The lowest BCUT2D eigenvalue weighted by Gasteiger charge is -2.22. The quantitative estimate of drug-likeness (QED) is 0.523. The first-order valence-corrected chi connectivity index (χ1v) is 9.60. The SMILES string of the molecule is CC.O=c1nc2n(CC[C@H](O)CCO)c3cc4c(cc3nc-2c(=O)[nH]1)OCCO4. The lowest BCUT2D eigenvalue weighted by Crippen LogP contribution is -2.29. The number of aryl methyl sites for hydroxylation is 1. The van der Waals surface area contributed by atoms with Crippen molar-refractivity contribution >= 4 is 11.0 Å². The zero-order valence-corrected chi connectivity index (χ0v) is 16.3. The molecule has 1 aromatic rings. The summed E-state index contributed by atoms with van der Waals surface area (Å²) < 4.78 is 12.8. The van der Waals surface area contributed by atoms with E-state index in [2.05, 4.69) is 15.0 Å². The highest BCUT2D eigenvalue weighted by Crippen LogP contribution is 2.35. The molecule has 3 aliphatic heterocycles. The van der Waals surface area contributed by atoms with Crippen molar-refractivity contribution in [3.8, 4) is 23.0 Å². The summed E-state index contributed by atoms with van der Waals surface area (Å²) in [7, 11) is 0. The van der Waals surface area contributed by atoms with Gasteiger partial charge >= 0.3 is 5.69 Å². The Morgan fingerprint density at radius 2 is 1.83 bits per heavy atom. The van der Waals surface area contributed by atoms with E-state index < -0.39 is 17.4 Å². The normalized spacial score (nSPS) is 13.8. The van der Waals surface area contributed by atoms with Crippen LogP contribution >= 0.6 is 0 Å². The Hall–Kier alpha value is -2.98. The topological polar surface area (TPSA) is 140 Å². The molecule has 0 saturated carbocycles. The Morgan fingerprint density at radius 3 is 2.52 bits per heavy atom. The molecule has 0 fully saturated rings. The van der Waals surface area contributed by atoms with Crippen LogP contribution in [0, 0.1) is 0 Å². The van der Waals surface area contributed by atoms with Crippen LogP contribution in [0.1, 0.15) is 26.7 Å². The van der Waals surface area contributed by atoms with Gasteiger partial charge in [-0.2, -0.15) is 4.98 Å². The molecule has 0 radical (unpaired) electrons. The van der Waals surface area contributed by atoms with E-state index in [1.165, 1.54) is 0 Å². The summed E-state index contributed by atoms with van der Waals surface area (Å²) >= 11 is 0. The Bertz CT molecular complexity index is 1080. The number of fused-ring (bicyclic) bond motifs is 3. The Morgan fingerprint density at radius 1 is 1.14 bits per heavy atom. The molecule has 0 amide bonds. The molecule has 10 heteroatoms. The fourth-order valence-corrected chi connectivity index (χ4v) is 3.13. The predicted molar refractivity (Wildman–Crippen MR) is 106 cm³/mol. The molecule has 10 nitrogen and oxygen atoms in total. The number of aliphatic hydroxyl groups excluding tert-OH is 2. The number of aliphatic hydroxyl groups is 2. The summed E-state index contributed by atoms with van der Waals surface area (Å²) in [5, 5.41) is 18.9. The Kier molecular flexibility index (Phi) is 6.45. The summed E-state index contributed by atoms with van der Waals surface area (Å²) in [6, 6.07) is 3.40. The second-order valence-corrected chi connectivity index (χ2v) is 6.25. The van der Waals surface area contributed by atoms with Crippen LogP contribution in [0.4, 0.5) is 0 Å². The fraction of sp³-hybridized carbons (Fsp3) is 0.474. The van der Waals surface area contributed by atoms with Gasteiger partial charge in [0.15, 0.2) is 23.0 Å². The highest BCUT2D eigenvalue weighted by Gasteiger charge is 2.22. The minimum absolute atomic E-state index is 0.0235. The maximum atomic E-state index is 12.2. The van der Waals surface area contributed by atoms with Gasteiger partial charge in [-0.1, -0.05) is 13.8 Å². The number of nitrogens with zero attached hydrogens (tertiary/aromatic N) is 3. The third-order valence-corrected chi connectivity index (χ3v) is 4.42. The molecule has 3 heterocycles. The number of hydrogen-bond donors (Lipinski definition) is 3. The minimum Gasteiger partial charge on any atom is -0.486 e. The van der Waals surface area contributed by atoms with Crippen molar-refractivity contribution in [2.24, 2.45) is 0 Å². The molecule has 0 aliphatic carbocycles. The zero-order valence-electron chi connectivity index (χ0n) is 16.3. The number of aromatic nitrogens is 4. The fourth-order valence-electron chi connectivity index (χ4n) is 3.13. The lowest BCUT2D eigenvalue weighted by atomic mass is 10.1. The van der Waals surface area contributed by atoms with Crippen LogP contribution in [0.25, 0.3) is 22.6 Å². The van der Waals surface area contributed by atoms with Crippen LogP contribution < -0.4 is 20.7 Å². The third-order valence-electron chi connectivity index (χ3n) is 4.42. The second kappa shape index (κ2) is 9.01. The Labute approximate surface area is 166 Å². The monoisotopic (exact) mass is 404 g/mol. The van der Waals surface area contributed by atoms with Crippen molar-refractivity contribution < 1.29 is 19.7 Å². The number of H-pyrrole nitrogens is 1. The van der Waals surface area contributed by atoms with Gasteiger partial charge in [-0.25, -0.2) is 9.78 Å². The number of hydrogen-bond acceptors (Lipinski definition) is 8. The first kappa shape index (κ1) is 20.7. The van der Waals surface area contributed by atoms with E-state index in [0.717, 1.165) is 0 Å². The number of aromatic amines is 1. The van der Waals surface area contributed by atoms with Gasteiger partial charge in [0, 0.05) is 25.3 Å². The number of benzene rings is 1. The molecule has 1 aromatic carbocycles. The summed E-state index contributed by atoms with van der Waals surface area (Å²) in [5.41, 5.74) is -0.299. The number of rotatable bonds is 5. The van der Waals surface area contributed by atoms with Crippen molar-refractivity contribution in [3.63, 3.8) is 0 Å². The van der Waals surface area contributed by atoms with Gasteiger partial charge in [0.05, 0.1) is 17.1 Å². The molecule has 0 bridgehead atoms. The van der Waals surface area contributed by atoms with Crippen molar-refractivity contribution in [2.45, 2.75) is 39.3 Å². The minimum atomic E-state index is -0.768. The van der Waals surface area contributed by atoms with Gasteiger partial charge in [-0.3, -0.25) is 9.78 Å². The van der Waals surface area contributed by atoms with Gasteiger partial charge in [-0.05, 0) is 12.8 Å². The molecule has 0 spiro atoms. The molecule has 0 aromatic heterocycles. The van der Waals surface area contributed by atoms with Gasteiger partial charge in [-0.15, -0.1) is 0 Å². The average molecular weight is 404 g/mol. The van der Waals surface area contributed by atoms with Gasteiger partial charge < -0.3 is 24.3 Å². The van der Waals surface area contributed by atoms with Crippen LogP contribution in [0.5, 0.6) is 11.5 Å².